The zero-order valence-electron chi connectivity index (χ0n) is 11.2. The summed E-state index contributed by atoms with van der Waals surface area (Å²) in [7, 11) is 0. The predicted molar refractivity (Wildman–Crippen MR) is 73.2 cm³/mol. The first kappa shape index (κ1) is 12.6. The topological polar surface area (TPSA) is 24.1 Å². The minimum atomic E-state index is 0.254. The van der Waals surface area contributed by atoms with Crippen molar-refractivity contribution >= 4 is 0 Å². The van der Waals surface area contributed by atoms with E-state index in [0.717, 1.165) is 19.0 Å². The lowest BCUT2D eigenvalue weighted by atomic mass is 9.87. The highest BCUT2D eigenvalue weighted by molar-refractivity contribution is 5.27. The molecule has 0 bridgehead atoms. The van der Waals surface area contributed by atoms with Crippen molar-refractivity contribution in [1.29, 1.82) is 0 Å². The van der Waals surface area contributed by atoms with E-state index in [1.54, 1.807) is 0 Å². The molecular formula is C15H24N2. The third-order valence-corrected chi connectivity index (χ3v) is 3.45. The third kappa shape index (κ3) is 3.55. The van der Waals surface area contributed by atoms with Crippen LogP contribution in [0.15, 0.2) is 24.3 Å². The smallest absolute Gasteiger partial charge is 0.0205 e. The van der Waals surface area contributed by atoms with Gasteiger partial charge >= 0.3 is 0 Å². The first-order valence-electron chi connectivity index (χ1n) is 6.56. The van der Waals surface area contributed by atoms with Crippen molar-refractivity contribution in [2.75, 3.05) is 19.6 Å². The third-order valence-electron chi connectivity index (χ3n) is 3.45. The van der Waals surface area contributed by atoms with Crippen LogP contribution in [0.4, 0.5) is 0 Å². The van der Waals surface area contributed by atoms with Crippen LogP contribution >= 0.6 is 0 Å². The van der Waals surface area contributed by atoms with Crippen LogP contribution in [-0.4, -0.2) is 19.6 Å². The average Bonchev–Trinajstić information content (AvgIpc) is 2.21. The molecule has 2 N–H and O–H groups in total. The Morgan fingerprint density at radius 2 is 1.82 bits per heavy atom. The van der Waals surface area contributed by atoms with Gasteiger partial charge in [-0.15, -0.1) is 0 Å². The monoisotopic (exact) mass is 232 g/mol. The highest BCUT2D eigenvalue weighted by atomic mass is 15.0. The first-order valence-corrected chi connectivity index (χ1v) is 6.56. The van der Waals surface area contributed by atoms with Gasteiger partial charge in [0.05, 0.1) is 0 Å². The summed E-state index contributed by atoms with van der Waals surface area (Å²) < 4.78 is 0. The van der Waals surface area contributed by atoms with Crippen molar-refractivity contribution in [3.63, 3.8) is 0 Å². The highest BCUT2D eigenvalue weighted by Crippen LogP contribution is 2.22. The Hall–Kier alpha value is -0.860. The Kier molecular flexibility index (Phi) is 3.85. The van der Waals surface area contributed by atoms with Crippen LogP contribution in [0.3, 0.4) is 0 Å². The van der Waals surface area contributed by atoms with Gasteiger partial charge in [0.2, 0.25) is 0 Å². The normalized spacial score (nSPS) is 16.9. The Morgan fingerprint density at radius 3 is 2.29 bits per heavy atom. The van der Waals surface area contributed by atoms with Crippen LogP contribution in [0.2, 0.25) is 0 Å². The van der Waals surface area contributed by atoms with E-state index >= 15 is 0 Å². The molecule has 1 fully saturated rings. The van der Waals surface area contributed by atoms with E-state index in [1.807, 2.05) is 0 Å². The van der Waals surface area contributed by atoms with E-state index in [-0.39, 0.29) is 5.41 Å². The molecule has 0 saturated carbocycles. The van der Waals surface area contributed by atoms with Crippen molar-refractivity contribution in [3.8, 4) is 0 Å². The van der Waals surface area contributed by atoms with Crippen LogP contribution in [0.5, 0.6) is 0 Å². The maximum absolute atomic E-state index is 3.52. The summed E-state index contributed by atoms with van der Waals surface area (Å²) in [5.41, 5.74) is 3.04. The van der Waals surface area contributed by atoms with Crippen LogP contribution in [-0.2, 0) is 12.0 Å². The molecule has 0 aromatic heterocycles. The maximum Gasteiger partial charge on any atom is 0.0205 e. The molecule has 1 heterocycles. The predicted octanol–water partition coefficient (Wildman–Crippen LogP) is 2.29. The minimum absolute atomic E-state index is 0.254. The Morgan fingerprint density at radius 1 is 1.18 bits per heavy atom. The average molecular weight is 232 g/mol. The molecule has 1 aliphatic heterocycles. The van der Waals surface area contributed by atoms with Crippen molar-refractivity contribution in [1.82, 2.24) is 10.6 Å². The molecule has 2 heteroatoms. The fourth-order valence-corrected chi connectivity index (χ4v) is 2.04. The zero-order valence-corrected chi connectivity index (χ0v) is 11.2. The second-order valence-corrected chi connectivity index (χ2v) is 6.10. The summed E-state index contributed by atoms with van der Waals surface area (Å²) in [6, 6.07) is 8.99. The number of rotatable bonds is 4. The number of nitrogens with one attached hydrogen (secondary N) is 2. The first-order chi connectivity index (χ1) is 8.05. The maximum atomic E-state index is 3.52. The molecule has 17 heavy (non-hydrogen) atoms. The molecule has 0 atom stereocenters. The summed E-state index contributed by atoms with van der Waals surface area (Å²) in [6.07, 6.45) is 0. The SMILES string of the molecule is CC(C)(C)c1ccc(CNCC2CNC2)cc1. The minimum Gasteiger partial charge on any atom is -0.316 e. The number of hydrogen-bond acceptors (Lipinski definition) is 2. The van der Waals surface area contributed by atoms with Gasteiger partial charge in [0.1, 0.15) is 0 Å². The summed E-state index contributed by atoms with van der Waals surface area (Å²) >= 11 is 0. The molecule has 0 radical (unpaired) electrons. The van der Waals surface area contributed by atoms with E-state index in [4.69, 9.17) is 0 Å². The second kappa shape index (κ2) is 5.19. The van der Waals surface area contributed by atoms with Gasteiger partial charge in [-0.1, -0.05) is 45.0 Å². The Bertz CT molecular complexity index is 344. The second-order valence-electron chi connectivity index (χ2n) is 6.10. The quantitative estimate of drug-likeness (QED) is 0.832. The van der Waals surface area contributed by atoms with Gasteiger partial charge < -0.3 is 10.6 Å². The lowest BCUT2D eigenvalue weighted by Gasteiger charge is -2.27. The molecule has 2 rings (SSSR count). The summed E-state index contributed by atoms with van der Waals surface area (Å²) in [6.45, 7) is 11.2. The molecule has 0 amide bonds. The van der Waals surface area contributed by atoms with Crippen molar-refractivity contribution < 1.29 is 0 Å². The number of benzene rings is 1. The van der Waals surface area contributed by atoms with Crippen molar-refractivity contribution in [3.05, 3.63) is 35.4 Å². The molecule has 94 valence electrons. The lowest BCUT2D eigenvalue weighted by molar-refractivity contribution is 0.331. The van der Waals surface area contributed by atoms with Gasteiger partial charge in [-0.3, -0.25) is 0 Å². The molecule has 2 nitrogen and oxygen atoms in total. The summed E-state index contributed by atoms with van der Waals surface area (Å²) in [4.78, 5) is 0. The van der Waals surface area contributed by atoms with Gasteiger partial charge in [-0.05, 0) is 22.5 Å². The lowest BCUT2D eigenvalue weighted by Crippen LogP contribution is -2.47. The van der Waals surface area contributed by atoms with Crippen LogP contribution < -0.4 is 10.6 Å². The molecule has 1 aromatic carbocycles. The molecule has 0 aliphatic carbocycles. The molecule has 0 spiro atoms. The van der Waals surface area contributed by atoms with Gasteiger partial charge in [-0.25, -0.2) is 0 Å². The van der Waals surface area contributed by atoms with E-state index in [1.165, 1.54) is 24.2 Å². The number of hydrogen-bond donors (Lipinski definition) is 2. The summed E-state index contributed by atoms with van der Waals surface area (Å²) in [5.74, 6) is 0.837. The van der Waals surface area contributed by atoms with E-state index in [0.29, 0.717) is 0 Å². The van der Waals surface area contributed by atoms with Crippen LogP contribution in [0.25, 0.3) is 0 Å². The van der Waals surface area contributed by atoms with Gasteiger partial charge in [-0.2, -0.15) is 0 Å². The fourth-order valence-electron chi connectivity index (χ4n) is 2.04. The molecule has 1 saturated heterocycles. The van der Waals surface area contributed by atoms with Crippen LogP contribution in [0.1, 0.15) is 31.9 Å². The van der Waals surface area contributed by atoms with Crippen LogP contribution in [0, 0.1) is 5.92 Å². The molecule has 1 aliphatic rings. The van der Waals surface area contributed by atoms with E-state index in [2.05, 4.69) is 55.7 Å². The molecule has 1 aromatic rings. The van der Waals surface area contributed by atoms with E-state index in [9.17, 15) is 0 Å². The van der Waals surface area contributed by atoms with Gasteiger partial charge in [0, 0.05) is 26.2 Å². The van der Waals surface area contributed by atoms with Gasteiger partial charge in [0.25, 0.3) is 0 Å². The zero-order chi connectivity index (χ0) is 12.3. The highest BCUT2D eigenvalue weighted by Gasteiger charge is 2.15. The standard InChI is InChI=1S/C15H24N2/c1-15(2,3)14-6-4-12(5-7-14)8-16-9-13-10-17-11-13/h4-7,13,16-17H,8-11H2,1-3H3. The van der Waals surface area contributed by atoms with E-state index < -0.39 is 0 Å². The van der Waals surface area contributed by atoms with Crippen molar-refractivity contribution in [2.45, 2.75) is 32.7 Å². The largest absolute Gasteiger partial charge is 0.316 e. The Labute approximate surface area is 105 Å². The van der Waals surface area contributed by atoms with Gasteiger partial charge in [0.15, 0.2) is 0 Å². The summed E-state index contributed by atoms with van der Waals surface area (Å²) in [5, 5.41) is 6.82. The van der Waals surface area contributed by atoms with Crippen molar-refractivity contribution in [2.24, 2.45) is 5.92 Å². The molecular weight excluding hydrogens is 208 g/mol. The fraction of sp³-hybridized carbons (Fsp3) is 0.600. The molecule has 0 unspecified atom stereocenters. The Balaban J connectivity index is 1.81.